The third-order valence-corrected chi connectivity index (χ3v) is 7.81. The minimum atomic E-state index is -3.73. The van der Waals surface area contributed by atoms with Crippen molar-refractivity contribution in [2.24, 2.45) is 0 Å². The van der Waals surface area contributed by atoms with Crippen LogP contribution in [-0.4, -0.2) is 43.9 Å². The number of thiazole rings is 1. The third-order valence-electron chi connectivity index (χ3n) is 5.06. The fourth-order valence-corrected chi connectivity index (χ4v) is 5.36. The molecule has 1 aliphatic heterocycles. The lowest BCUT2D eigenvalue weighted by atomic mass is 10.2. The van der Waals surface area contributed by atoms with Crippen LogP contribution in [0.25, 0.3) is 10.2 Å². The summed E-state index contributed by atoms with van der Waals surface area (Å²) in [6, 6.07) is 12.8. The van der Waals surface area contributed by atoms with Gasteiger partial charge in [-0.25, -0.2) is 13.4 Å². The molecule has 11 heteroatoms. The molecule has 0 radical (unpaired) electrons. The number of rotatable bonds is 6. The van der Waals surface area contributed by atoms with Crippen molar-refractivity contribution in [2.45, 2.75) is 11.4 Å². The molecule has 0 atom stereocenters. The standard InChI is InChI=1S/C22H19N3O6S2/c1-25(13-15-3-2-8-29-15)33(27,28)16-6-4-14(5-7-16)21(26)24-22-23-17-11-18-19(12-20(17)32-22)31-10-9-30-18/h2-8,11-12H,9-10,13H2,1H3,(H,23,24,26). The molecule has 1 aliphatic rings. The molecule has 9 nitrogen and oxygen atoms in total. The summed E-state index contributed by atoms with van der Waals surface area (Å²) in [5.74, 6) is 1.43. The van der Waals surface area contributed by atoms with Crippen molar-refractivity contribution in [1.82, 2.24) is 9.29 Å². The van der Waals surface area contributed by atoms with Crippen molar-refractivity contribution in [3.63, 3.8) is 0 Å². The number of hydrogen-bond donors (Lipinski definition) is 1. The van der Waals surface area contributed by atoms with Gasteiger partial charge in [-0.3, -0.25) is 10.1 Å². The fraction of sp³-hybridized carbons (Fsp3) is 0.182. The third kappa shape index (κ3) is 4.30. The summed E-state index contributed by atoms with van der Waals surface area (Å²) < 4.78 is 44.0. The Hall–Kier alpha value is -3.41. The van der Waals surface area contributed by atoms with E-state index in [2.05, 4.69) is 10.3 Å². The Bertz CT molecular complexity index is 1370. The molecule has 2 aromatic heterocycles. The SMILES string of the molecule is CN(Cc1ccco1)S(=O)(=O)c1ccc(C(=O)Nc2nc3cc4c(cc3s2)OCCO4)cc1. The predicted molar refractivity (Wildman–Crippen MR) is 122 cm³/mol. The number of furan rings is 1. The van der Waals surface area contributed by atoms with Crippen molar-refractivity contribution >= 4 is 42.6 Å². The van der Waals surface area contributed by atoms with Gasteiger partial charge in [0.2, 0.25) is 10.0 Å². The van der Waals surface area contributed by atoms with E-state index in [-0.39, 0.29) is 17.3 Å². The largest absolute Gasteiger partial charge is 0.486 e. The van der Waals surface area contributed by atoms with Gasteiger partial charge in [0.15, 0.2) is 16.6 Å². The summed E-state index contributed by atoms with van der Waals surface area (Å²) >= 11 is 1.32. The zero-order valence-corrected chi connectivity index (χ0v) is 19.1. The first-order chi connectivity index (χ1) is 15.9. The molecule has 0 aliphatic carbocycles. The maximum Gasteiger partial charge on any atom is 0.257 e. The summed E-state index contributed by atoms with van der Waals surface area (Å²) in [4.78, 5) is 17.2. The lowest BCUT2D eigenvalue weighted by molar-refractivity contribution is 0.102. The van der Waals surface area contributed by atoms with E-state index in [9.17, 15) is 13.2 Å². The molecule has 0 fully saturated rings. The Balaban J connectivity index is 1.30. The van der Waals surface area contributed by atoms with Gasteiger partial charge in [0.05, 0.1) is 27.9 Å². The lowest BCUT2D eigenvalue weighted by Crippen LogP contribution is -2.26. The Labute approximate surface area is 193 Å². The summed E-state index contributed by atoms with van der Waals surface area (Å²) in [5.41, 5.74) is 1.01. The van der Waals surface area contributed by atoms with Gasteiger partial charge in [0.25, 0.3) is 5.91 Å². The topological polar surface area (TPSA) is 111 Å². The molecule has 5 rings (SSSR count). The first-order valence-electron chi connectivity index (χ1n) is 10.0. The molecule has 0 saturated heterocycles. The predicted octanol–water partition coefficient (Wildman–Crippen LogP) is 3.73. The minimum Gasteiger partial charge on any atom is -0.486 e. The second-order valence-corrected chi connectivity index (χ2v) is 10.4. The van der Waals surface area contributed by atoms with E-state index in [0.29, 0.717) is 46.7 Å². The molecule has 33 heavy (non-hydrogen) atoms. The highest BCUT2D eigenvalue weighted by Gasteiger charge is 2.22. The maximum absolute atomic E-state index is 12.8. The molecule has 0 saturated carbocycles. The van der Waals surface area contributed by atoms with Crippen molar-refractivity contribution in [3.05, 3.63) is 66.1 Å². The Morgan fingerprint density at radius 1 is 1.12 bits per heavy atom. The van der Waals surface area contributed by atoms with E-state index in [4.69, 9.17) is 13.9 Å². The van der Waals surface area contributed by atoms with Crippen LogP contribution < -0.4 is 14.8 Å². The number of nitrogens with one attached hydrogen (secondary N) is 1. The molecular weight excluding hydrogens is 466 g/mol. The average molecular weight is 486 g/mol. The number of nitrogens with zero attached hydrogens (tertiary/aromatic N) is 2. The number of anilines is 1. The number of carbonyl (C=O) groups excluding carboxylic acids is 1. The van der Waals surface area contributed by atoms with Crippen molar-refractivity contribution in [2.75, 3.05) is 25.6 Å². The monoisotopic (exact) mass is 485 g/mol. The maximum atomic E-state index is 12.8. The van der Waals surface area contributed by atoms with Crippen LogP contribution in [0.15, 0.2) is 64.1 Å². The smallest absolute Gasteiger partial charge is 0.257 e. The summed E-state index contributed by atoms with van der Waals surface area (Å²) in [6.07, 6.45) is 1.49. The van der Waals surface area contributed by atoms with Crippen LogP contribution >= 0.6 is 11.3 Å². The summed E-state index contributed by atoms with van der Waals surface area (Å²) in [5, 5.41) is 3.19. The highest BCUT2D eigenvalue weighted by Crippen LogP contribution is 2.37. The van der Waals surface area contributed by atoms with Crippen LogP contribution in [0.5, 0.6) is 11.5 Å². The van der Waals surface area contributed by atoms with Crippen molar-refractivity contribution < 1.29 is 27.1 Å². The summed E-state index contributed by atoms with van der Waals surface area (Å²) in [6.45, 7) is 1.08. The van der Waals surface area contributed by atoms with Gasteiger partial charge in [0, 0.05) is 24.7 Å². The molecule has 1 N–H and O–H groups in total. The molecule has 170 valence electrons. The second kappa shape index (κ2) is 8.50. The molecule has 3 heterocycles. The van der Waals surface area contributed by atoms with E-state index < -0.39 is 10.0 Å². The second-order valence-electron chi connectivity index (χ2n) is 7.30. The van der Waals surface area contributed by atoms with Crippen LogP contribution in [0.3, 0.4) is 0 Å². The van der Waals surface area contributed by atoms with Gasteiger partial charge in [-0.1, -0.05) is 11.3 Å². The number of ether oxygens (including phenoxy) is 2. The molecule has 0 spiro atoms. The average Bonchev–Trinajstić information content (AvgIpc) is 3.46. The van der Waals surface area contributed by atoms with Crippen LogP contribution in [-0.2, 0) is 16.6 Å². The van der Waals surface area contributed by atoms with Crippen molar-refractivity contribution in [3.8, 4) is 11.5 Å². The number of fused-ring (bicyclic) bond motifs is 2. The van der Waals surface area contributed by atoms with Gasteiger partial charge in [-0.15, -0.1) is 0 Å². The van der Waals surface area contributed by atoms with Crippen molar-refractivity contribution in [1.29, 1.82) is 0 Å². The van der Waals surface area contributed by atoms with E-state index in [1.165, 1.54) is 53.2 Å². The first kappa shape index (κ1) is 21.4. The van der Waals surface area contributed by atoms with Crippen LogP contribution in [0.1, 0.15) is 16.1 Å². The van der Waals surface area contributed by atoms with E-state index in [0.717, 1.165) is 4.70 Å². The van der Waals surface area contributed by atoms with E-state index >= 15 is 0 Å². The molecule has 0 bridgehead atoms. The number of hydrogen-bond acceptors (Lipinski definition) is 8. The summed E-state index contributed by atoms with van der Waals surface area (Å²) in [7, 11) is -2.26. The number of aromatic nitrogens is 1. The zero-order chi connectivity index (χ0) is 23.0. The molecular formula is C22H19N3O6S2. The van der Waals surface area contributed by atoms with Gasteiger partial charge in [-0.05, 0) is 36.4 Å². The first-order valence-corrected chi connectivity index (χ1v) is 12.3. The molecule has 4 aromatic rings. The molecule has 1 amide bonds. The molecule has 2 aromatic carbocycles. The number of sulfonamides is 1. The van der Waals surface area contributed by atoms with Gasteiger partial charge < -0.3 is 13.9 Å². The number of amides is 1. The zero-order valence-electron chi connectivity index (χ0n) is 17.5. The number of benzene rings is 2. The highest BCUT2D eigenvalue weighted by atomic mass is 32.2. The van der Waals surface area contributed by atoms with Crippen LogP contribution in [0.4, 0.5) is 5.13 Å². The molecule has 0 unspecified atom stereocenters. The van der Waals surface area contributed by atoms with Gasteiger partial charge in [-0.2, -0.15) is 4.31 Å². The Morgan fingerprint density at radius 2 is 1.85 bits per heavy atom. The Kier molecular flexibility index (Phi) is 5.52. The highest BCUT2D eigenvalue weighted by molar-refractivity contribution is 7.89. The minimum absolute atomic E-state index is 0.0821. The van der Waals surface area contributed by atoms with Crippen LogP contribution in [0, 0.1) is 0 Å². The Morgan fingerprint density at radius 3 is 2.55 bits per heavy atom. The fourth-order valence-electron chi connectivity index (χ4n) is 3.35. The van der Waals surface area contributed by atoms with E-state index in [1.54, 1.807) is 18.2 Å². The lowest BCUT2D eigenvalue weighted by Gasteiger charge is -2.17. The van der Waals surface area contributed by atoms with Gasteiger partial charge >= 0.3 is 0 Å². The quantitative estimate of drug-likeness (QED) is 0.443. The normalized spacial score (nSPS) is 13.4. The van der Waals surface area contributed by atoms with Crippen LogP contribution in [0.2, 0.25) is 0 Å². The van der Waals surface area contributed by atoms with Gasteiger partial charge in [0.1, 0.15) is 19.0 Å². The number of carbonyl (C=O) groups is 1. The van der Waals surface area contributed by atoms with E-state index in [1.807, 2.05) is 6.07 Å².